The quantitative estimate of drug-likeness (QED) is 0.787. The molecule has 0 spiro atoms. The van der Waals surface area contributed by atoms with Gasteiger partial charge in [-0.3, -0.25) is 0 Å². The summed E-state index contributed by atoms with van der Waals surface area (Å²) < 4.78 is 24.7. The number of nitrogens with zero attached hydrogens (tertiary/aromatic N) is 4. The third-order valence-corrected chi connectivity index (χ3v) is 4.90. The van der Waals surface area contributed by atoms with E-state index in [2.05, 4.69) is 9.97 Å². The van der Waals surface area contributed by atoms with Gasteiger partial charge in [0.25, 0.3) is 0 Å². The first-order chi connectivity index (χ1) is 8.44. The minimum atomic E-state index is -3.05. The van der Waals surface area contributed by atoms with E-state index in [0.29, 0.717) is 19.0 Å². The summed E-state index contributed by atoms with van der Waals surface area (Å²) in [5.41, 5.74) is 0.913. The van der Waals surface area contributed by atoms with Crippen molar-refractivity contribution in [2.24, 2.45) is 0 Å². The van der Waals surface area contributed by atoms with Crippen LogP contribution in [0.4, 0.5) is 5.95 Å². The van der Waals surface area contributed by atoms with E-state index in [1.54, 1.807) is 13.1 Å². The molecule has 1 aromatic heterocycles. The molecule has 6 nitrogen and oxygen atoms in total. The lowest BCUT2D eigenvalue weighted by Crippen LogP contribution is -2.49. The van der Waals surface area contributed by atoms with E-state index in [9.17, 15) is 8.42 Å². The summed E-state index contributed by atoms with van der Waals surface area (Å²) >= 11 is 0. The molecule has 0 saturated carbocycles. The molecule has 0 atom stereocenters. The van der Waals surface area contributed by atoms with Crippen molar-refractivity contribution in [2.75, 3.05) is 37.8 Å². The number of anilines is 1. The maximum Gasteiger partial charge on any atom is 0.224 e. The Morgan fingerprint density at radius 1 is 1.44 bits per heavy atom. The van der Waals surface area contributed by atoms with Gasteiger partial charge in [-0.1, -0.05) is 0 Å². The van der Waals surface area contributed by atoms with E-state index in [0.717, 1.165) is 5.69 Å². The zero-order valence-corrected chi connectivity index (χ0v) is 11.7. The first-order valence-corrected chi connectivity index (χ1v) is 7.53. The van der Waals surface area contributed by atoms with E-state index < -0.39 is 10.0 Å². The number of rotatable bonds is 4. The molecule has 1 aliphatic heterocycles. The average molecular weight is 270 g/mol. The van der Waals surface area contributed by atoms with Gasteiger partial charge in [0.05, 0.1) is 11.4 Å². The molecule has 1 saturated heterocycles. The van der Waals surface area contributed by atoms with Gasteiger partial charge in [0, 0.05) is 39.3 Å². The van der Waals surface area contributed by atoms with Crippen LogP contribution in [-0.2, 0) is 10.0 Å². The second-order valence-electron chi connectivity index (χ2n) is 4.59. The standard InChI is InChI=1S/C11H18N4O2S/c1-4-18(16,17)15-7-9(8-15)10-5-6-12-11(13-10)14(2)3/h5-6,9H,4,7-8H2,1-3H3. The van der Waals surface area contributed by atoms with Crippen LogP contribution >= 0.6 is 0 Å². The largest absolute Gasteiger partial charge is 0.347 e. The molecule has 1 aromatic rings. The minimum Gasteiger partial charge on any atom is -0.347 e. The summed E-state index contributed by atoms with van der Waals surface area (Å²) in [6.45, 7) is 2.72. The lowest BCUT2D eigenvalue weighted by atomic mass is 9.99. The van der Waals surface area contributed by atoms with E-state index in [4.69, 9.17) is 0 Å². The van der Waals surface area contributed by atoms with Gasteiger partial charge < -0.3 is 4.90 Å². The van der Waals surface area contributed by atoms with Gasteiger partial charge in [0.2, 0.25) is 16.0 Å². The third-order valence-electron chi connectivity index (χ3n) is 3.09. The number of hydrogen-bond acceptors (Lipinski definition) is 5. The van der Waals surface area contributed by atoms with E-state index in [1.165, 1.54) is 4.31 Å². The Bertz CT molecular complexity index is 524. The molecule has 0 aromatic carbocycles. The second kappa shape index (κ2) is 4.81. The lowest BCUT2D eigenvalue weighted by Gasteiger charge is -2.37. The predicted octanol–water partition coefficient (Wildman–Crippen LogP) is 0.292. The van der Waals surface area contributed by atoms with Crippen molar-refractivity contribution in [1.82, 2.24) is 14.3 Å². The van der Waals surface area contributed by atoms with Crippen molar-refractivity contribution in [2.45, 2.75) is 12.8 Å². The fourth-order valence-corrected chi connectivity index (χ4v) is 3.02. The Labute approximate surface area is 108 Å². The molecule has 0 amide bonds. The van der Waals surface area contributed by atoms with Crippen molar-refractivity contribution in [3.8, 4) is 0 Å². The zero-order chi connectivity index (χ0) is 13.3. The highest BCUT2D eigenvalue weighted by molar-refractivity contribution is 7.89. The highest BCUT2D eigenvalue weighted by Crippen LogP contribution is 2.28. The van der Waals surface area contributed by atoms with Gasteiger partial charge in [0.15, 0.2) is 0 Å². The summed E-state index contributed by atoms with van der Waals surface area (Å²) in [5, 5.41) is 0. The highest BCUT2D eigenvalue weighted by Gasteiger charge is 2.36. The fourth-order valence-electron chi connectivity index (χ4n) is 1.84. The molecule has 7 heteroatoms. The number of sulfonamides is 1. The molecule has 0 radical (unpaired) electrons. The van der Waals surface area contributed by atoms with Crippen LogP contribution < -0.4 is 4.90 Å². The molecule has 0 bridgehead atoms. The van der Waals surface area contributed by atoms with E-state index in [-0.39, 0.29) is 11.7 Å². The SMILES string of the molecule is CCS(=O)(=O)N1CC(c2ccnc(N(C)C)n2)C1. The van der Waals surface area contributed by atoms with Gasteiger partial charge in [0.1, 0.15) is 0 Å². The smallest absolute Gasteiger partial charge is 0.224 e. The maximum absolute atomic E-state index is 11.6. The van der Waals surface area contributed by atoms with Gasteiger partial charge >= 0.3 is 0 Å². The second-order valence-corrected chi connectivity index (χ2v) is 6.85. The number of hydrogen-bond donors (Lipinski definition) is 0. The Morgan fingerprint density at radius 3 is 2.67 bits per heavy atom. The Hall–Kier alpha value is -1.21. The molecule has 18 heavy (non-hydrogen) atoms. The summed E-state index contributed by atoms with van der Waals surface area (Å²) in [7, 11) is 0.716. The van der Waals surface area contributed by atoms with Crippen LogP contribution in [0.25, 0.3) is 0 Å². The van der Waals surface area contributed by atoms with Gasteiger partial charge in [-0.15, -0.1) is 0 Å². The molecule has 2 heterocycles. The maximum atomic E-state index is 11.6. The van der Waals surface area contributed by atoms with Gasteiger partial charge in [-0.05, 0) is 13.0 Å². The van der Waals surface area contributed by atoms with Crippen LogP contribution in [0.15, 0.2) is 12.3 Å². The molecule has 0 unspecified atom stereocenters. The normalized spacial score (nSPS) is 17.5. The zero-order valence-electron chi connectivity index (χ0n) is 10.9. The summed E-state index contributed by atoms with van der Waals surface area (Å²) in [6, 6.07) is 1.85. The Kier molecular flexibility index (Phi) is 3.54. The van der Waals surface area contributed by atoms with Crippen LogP contribution in [0.5, 0.6) is 0 Å². The predicted molar refractivity (Wildman–Crippen MR) is 70.1 cm³/mol. The van der Waals surface area contributed by atoms with Crippen molar-refractivity contribution < 1.29 is 8.42 Å². The monoisotopic (exact) mass is 270 g/mol. The van der Waals surface area contributed by atoms with Crippen LogP contribution in [0.2, 0.25) is 0 Å². The molecular weight excluding hydrogens is 252 g/mol. The average Bonchev–Trinajstić information content (AvgIpc) is 2.27. The topological polar surface area (TPSA) is 66.4 Å². The van der Waals surface area contributed by atoms with Crippen LogP contribution in [0.3, 0.4) is 0 Å². The molecular formula is C11H18N4O2S. The van der Waals surface area contributed by atoms with Crippen LogP contribution in [-0.4, -0.2) is 55.6 Å². The van der Waals surface area contributed by atoms with E-state index >= 15 is 0 Å². The number of aromatic nitrogens is 2. The van der Waals surface area contributed by atoms with Crippen molar-refractivity contribution in [1.29, 1.82) is 0 Å². The molecule has 1 aliphatic rings. The molecule has 0 aliphatic carbocycles. The minimum absolute atomic E-state index is 0.159. The molecule has 1 fully saturated rings. The third kappa shape index (κ3) is 2.46. The summed E-state index contributed by atoms with van der Waals surface area (Å²) in [4.78, 5) is 10.4. The summed E-state index contributed by atoms with van der Waals surface area (Å²) in [6.07, 6.45) is 1.72. The summed E-state index contributed by atoms with van der Waals surface area (Å²) in [5.74, 6) is 1.00. The van der Waals surface area contributed by atoms with Crippen molar-refractivity contribution >= 4 is 16.0 Å². The van der Waals surface area contributed by atoms with Gasteiger partial charge in [-0.25, -0.2) is 22.7 Å². The molecule has 2 rings (SSSR count). The van der Waals surface area contributed by atoms with Crippen molar-refractivity contribution in [3.05, 3.63) is 18.0 Å². The first kappa shape index (κ1) is 13.2. The van der Waals surface area contributed by atoms with Crippen LogP contribution in [0.1, 0.15) is 18.5 Å². The Balaban J connectivity index is 2.07. The molecule has 0 N–H and O–H groups in total. The van der Waals surface area contributed by atoms with Crippen molar-refractivity contribution in [3.63, 3.8) is 0 Å². The first-order valence-electron chi connectivity index (χ1n) is 5.92. The van der Waals surface area contributed by atoms with E-state index in [1.807, 2.05) is 25.1 Å². The van der Waals surface area contributed by atoms with Gasteiger partial charge in [-0.2, -0.15) is 0 Å². The highest BCUT2D eigenvalue weighted by atomic mass is 32.2. The van der Waals surface area contributed by atoms with Crippen LogP contribution in [0, 0.1) is 0 Å². The Morgan fingerprint density at radius 2 is 2.11 bits per heavy atom. The lowest BCUT2D eigenvalue weighted by molar-refractivity contribution is 0.260. The molecule has 100 valence electrons. The fraction of sp³-hybridized carbons (Fsp3) is 0.636.